The highest BCUT2D eigenvalue weighted by atomic mass is 19.1. The van der Waals surface area contributed by atoms with E-state index in [0.29, 0.717) is 22.7 Å². The van der Waals surface area contributed by atoms with Crippen molar-refractivity contribution in [3.8, 4) is 11.5 Å². The van der Waals surface area contributed by atoms with Gasteiger partial charge in [0.25, 0.3) is 0 Å². The highest BCUT2D eigenvalue weighted by Crippen LogP contribution is 2.33. The van der Waals surface area contributed by atoms with E-state index in [1.807, 2.05) is 0 Å². The quantitative estimate of drug-likeness (QED) is 0.849. The van der Waals surface area contributed by atoms with Crippen molar-refractivity contribution in [3.63, 3.8) is 0 Å². The molecule has 1 fully saturated rings. The zero-order valence-electron chi connectivity index (χ0n) is 14.3. The molecule has 1 aliphatic rings. The van der Waals surface area contributed by atoms with Crippen molar-refractivity contribution in [2.24, 2.45) is 0 Å². The summed E-state index contributed by atoms with van der Waals surface area (Å²) in [4.78, 5) is 12.2. The summed E-state index contributed by atoms with van der Waals surface area (Å²) in [6, 6.07) is 11.4. The maximum atomic E-state index is 13.2. The molecule has 1 N–H and O–H groups in total. The fourth-order valence-electron chi connectivity index (χ4n) is 3.07. The second-order valence-electron chi connectivity index (χ2n) is 6.24. The van der Waals surface area contributed by atoms with Crippen LogP contribution in [0.1, 0.15) is 31.2 Å². The van der Waals surface area contributed by atoms with E-state index in [1.54, 1.807) is 37.4 Å². The number of nitrogens with one attached hydrogen (secondary N) is 1. The molecule has 0 unspecified atom stereocenters. The molecule has 0 heterocycles. The number of carbonyl (C=O) groups is 1. The third kappa shape index (κ3) is 4.72. The van der Waals surface area contributed by atoms with Crippen molar-refractivity contribution in [3.05, 3.63) is 53.8 Å². The fraction of sp³-hybridized carbons (Fsp3) is 0.350. The summed E-state index contributed by atoms with van der Waals surface area (Å²) in [5, 5.41) is 2.83. The number of benzene rings is 2. The van der Waals surface area contributed by atoms with Crippen LogP contribution in [-0.4, -0.2) is 19.1 Å². The van der Waals surface area contributed by atoms with Crippen LogP contribution in [-0.2, 0) is 11.2 Å². The van der Waals surface area contributed by atoms with Crippen LogP contribution in [0.15, 0.2) is 42.5 Å². The van der Waals surface area contributed by atoms with Gasteiger partial charge in [0.2, 0.25) is 5.91 Å². The Hall–Kier alpha value is -2.56. The number of carbonyl (C=O) groups excluding carboxylic acids is 1. The Bertz CT molecular complexity index is 741. The number of halogens is 1. The van der Waals surface area contributed by atoms with E-state index < -0.39 is 0 Å². The molecule has 5 heteroatoms. The first-order chi connectivity index (χ1) is 12.1. The number of ether oxygens (including phenoxy) is 2. The summed E-state index contributed by atoms with van der Waals surface area (Å²) < 4.78 is 24.6. The number of hydrogen-bond acceptors (Lipinski definition) is 3. The highest BCUT2D eigenvalue weighted by Gasteiger charge is 2.19. The van der Waals surface area contributed by atoms with Crippen LogP contribution in [0.4, 0.5) is 10.1 Å². The molecule has 1 saturated carbocycles. The SMILES string of the molecule is COc1ccc(NC(=O)Cc2cccc(F)c2)cc1OC1CCCC1. The largest absolute Gasteiger partial charge is 0.493 e. The van der Waals surface area contributed by atoms with Gasteiger partial charge in [-0.3, -0.25) is 4.79 Å². The van der Waals surface area contributed by atoms with Crippen molar-refractivity contribution in [1.29, 1.82) is 0 Å². The zero-order chi connectivity index (χ0) is 17.6. The molecule has 0 atom stereocenters. The van der Waals surface area contributed by atoms with Crippen LogP contribution in [0.25, 0.3) is 0 Å². The van der Waals surface area contributed by atoms with E-state index in [0.717, 1.165) is 12.8 Å². The molecule has 2 aromatic rings. The van der Waals surface area contributed by atoms with E-state index in [2.05, 4.69) is 5.32 Å². The lowest BCUT2D eigenvalue weighted by Crippen LogP contribution is -2.15. The van der Waals surface area contributed by atoms with Crippen LogP contribution in [0.3, 0.4) is 0 Å². The Labute approximate surface area is 147 Å². The molecule has 0 bridgehead atoms. The van der Waals surface area contributed by atoms with Crippen LogP contribution >= 0.6 is 0 Å². The van der Waals surface area contributed by atoms with Crippen molar-refractivity contribution in [1.82, 2.24) is 0 Å². The van der Waals surface area contributed by atoms with Gasteiger partial charge in [-0.25, -0.2) is 4.39 Å². The van der Waals surface area contributed by atoms with Crippen molar-refractivity contribution in [2.45, 2.75) is 38.2 Å². The Kier molecular flexibility index (Phi) is 5.53. The average molecular weight is 343 g/mol. The maximum Gasteiger partial charge on any atom is 0.228 e. The van der Waals surface area contributed by atoms with Gasteiger partial charge in [-0.1, -0.05) is 12.1 Å². The number of amides is 1. The van der Waals surface area contributed by atoms with Crippen molar-refractivity contribution in [2.75, 3.05) is 12.4 Å². The molecular weight excluding hydrogens is 321 g/mol. The zero-order valence-corrected chi connectivity index (χ0v) is 14.3. The third-order valence-corrected chi connectivity index (χ3v) is 4.30. The molecule has 0 spiro atoms. The smallest absolute Gasteiger partial charge is 0.228 e. The summed E-state index contributed by atoms with van der Waals surface area (Å²) in [6.07, 6.45) is 4.75. The molecule has 0 aromatic heterocycles. The summed E-state index contributed by atoms with van der Waals surface area (Å²) in [6.45, 7) is 0. The Morgan fingerprint density at radius 3 is 2.68 bits per heavy atom. The van der Waals surface area contributed by atoms with Gasteiger partial charge in [-0.2, -0.15) is 0 Å². The van der Waals surface area contributed by atoms with E-state index in [4.69, 9.17) is 9.47 Å². The van der Waals surface area contributed by atoms with Gasteiger partial charge in [0.05, 0.1) is 19.6 Å². The summed E-state index contributed by atoms with van der Waals surface area (Å²) in [7, 11) is 1.60. The van der Waals surface area contributed by atoms with Crippen molar-refractivity contribution >= 4 is 11.6 Å². The molecular formula is C20H22FNO3. The first-order valence-electron chi connectivity index (χ1n) is 8.53. The molecule has 132 valence electrons. The van der Waals surface area contributed by atoms with Gasteiger partial charge in [0.15, 0.2) is 11.5 Å². The second-order valence-corrected chi connectivity index (χ2v) is 6.24. The lowest BCUT2D eigenvalue weighted by atomic mass is 10.1. The Morgan fingerprint density at radius 2 is 1.96 bits per heavy atom. The molecule has 1 aliphatic carbocycles. The average Bonchev–Trinajstić information content (AvgIpc) is 3.08. The standard InChI is InChI=1S/C20H22FNO3/c1-24-18-10-9-16(13-19(18)25-17-7-2-3-8-17)22-20(23)12-14-5-4-6-15(21)11-14/h4-6,9-11,13,17H,2-3,7-8,12H2,1H3,(H,22,23). The third-order valence-electron chi connectivity index (χ3n) is 4.30. The van der Waals surface area contributed by atoms with Gasteiger partial charge in [-0.15, -0.1) is 0 Å². The van der Waals surface area contributed by atoms with Gasteiger partial charge >= 0.3 is 0 Å². The summed E-state index contributed by atoms with van der Waals surface area (Å²) >= 11 is 0. The maximum absolute atomic E-state index is 13.2. The van der Waals surface area contributed by atoms with Crippen molar-refractivity contribution < 1.29 is 18.7 Å². The minimum atomic E-state index is -0.345. The highest BCUT2D eigenvalue weighted by molar-refractivity contribution is 5.92. The predicted molar refractivity (Wildman–Crippen MR) is 94.6 cm³/mol. The molecule has 4 nitrogen and oxygen atoms in total. The topological polar surface area (TPSA) is 47.6 Å². The van der Waals surface area contributed by atoms with Crippen LogP contribution in [0, 0.1) is 5.82 Å². The summed E-state index contributed by atoms with van der Waals surface area (Å²) in [5.41, 5.74) is 1.27. The van der Waals surface area contributed by atoms with Gasteiger partial charge in [-0.05, 0) is 55.5 Å². The minimum absolute atomic E-state index is 0.114. The molecule has 2 aromatic carbocycles. The monoisotopic (exact) mass is 343 g/mol. The molecule has 0 aliphatic heterocycles. The molecule has 25 heavy (non-hydrogen) atoms. The van der Waals surface area contributed by atoms with Gasteiger partial charge in [0.1, 0.15) is 5.82 Å². The number of hydrogen-bond donors (Lipinski definition) is 1. The molecule has 0 radical (unpaired) electrons. The van der Waals surface area contributed by atoms with E-state index in [-0.39, 0.29) is 24.2 Å². The van der Waals surface area contributed by atoms with Gasteiger partial charge in [0, 0.05) is 11.8 Å². The lowest BCUT2D eigenvalue weighted by molar-refractivity contribution is -0.115. The summed E-state index contributed by atoms with van der Waals surface area (Å²) in [5.74, 6) is 0.734. The van der Waals surface area contributed by atoms with E-state index in [9.17, 15) is 9.18 Å². The normalized spacial score (nSPS) is 14.3. The first-order valence-corrected chi connectivity index (χ1v) is 8.53. The molecule has 1 amide bonds. The second kappa shape index (κ2) is 8.01. The fourth-order valence-corrected chi connectivity index (χ4v) is 3.07. The van der Waals surface area contributed by atoms with Crippen LogP contribution in [0.2, 0.25) is 0 Å². The van der Waals surface area contributed by atoms with Crippen LogP contribution < -0.4 is 14.8 Å². The molecule has 0 saturated heterocycles. The van der Waals surface area contributed by atoms with Gasteiger partial charge < -0.3 is 14.8 Å². The first kappa shape index (κ1) is 17.3. The number of methoxy groups -OCH3 is 1. The van der Waals surface area contributed by atoms with E-state index in [1.165, 1.54) is 25.0 Å². The Balaban J connectivity index is 1.67. The number of anilines is 1. The minimum Gasteiger partial charge on any atom is -0.493 e. The Morgan fingerprint density at radius 1 is 1.16 bits per heavy atom. The molecule has 3 rings (SSSR count). The number of rotatable bonds is 6. The predicted octanol–water partition coefficient (Wildman–Crippen LogP) is 4.34. The lowest BCUT2D eigenvalue weighted by Gasteiger charge is -2.17. The van der Waals surface area contributed by atoms with Crippen LogP contribution in [0.5, 0.6) is 11.5 Å². The van der Waals surface area contributed by atoms with E-state index >= 15 is 0 Å².